The molecule has 2 aromatic rings. The van der Waals surface area contributed by atoms with E-state index in [2.05, 4.69) is 20.4 Å². The maximum absolute atomic E-state index is 12.4. The van der Waals surface area contributed by atoms with Crippen LogP contribution in [0.3, 0.4) is 0 Å². The number of nitrogens with one attached hydrogen (secondary N) is 2. The molecule has 0 saturated carbocycles. The first-order valence-electron chi connectivity index (χ1n) is 8.13. The molecular weight excluding hydrogens is 334 g/mol. The van der Waals surface area contributed by atoms with E-state index < -0.39 is 11.9 Å². The lowest BCUT2D eigenvalue weighted by Gasteiger charge is -2.09. The van der Waals surface area contributed by atoms with Gasteiger partial charge in [0.1, 0.15) is 0 Å². The van der Waals surface area contributed by atoms with Gasteiger partial charge in [-0.1, -0.05) is 13.8 Å². The maximum Gasteiger partial charge on any atom is 0.337 e. The lowest BCUT2D eigenvalue weighted by molar-refractivity contribution is 0.0600. The Kier molecular flexibility index (Phi) is 6.43. The summed E-state index contributed by atoms with van der Waals surface area (Å²) >= 11 is 0. The molecular formula is C19H21N3O4. The molecule has 0 fully saturated rings. The van der Waals surface area contributed by atoms with Crippen molar-refractivity contribution in [2.75, 3.05) is 19.0 Å². The van der Waals surface area contributed by atoms with Gasteiger partial charge in [-0.3, -0.25) is 14.6 Å². The number of methoxy groups -OCH3 is 1. The normalized spacial score (nSPS) is 10.3. The van der Waals surface area contributed by atoms with Gasteiger partial charge < -0.3 is 15.4 Å². The van der Waals surface area contributed by atoms with Gasteiger partial charge in [0.2, 0.25) is 0 Å². The third kappa shape index (κ3) is 5.14. The Bertz CT molecular complexity index is 801. The second kappa shape index (κ2) is 8.75. The lowest BCUT2D eigenvalue weighted by Crippen LogP contribution is -2.27. The molecule has 7 heteroatoms. The molecule has 2 rings (SSSR count). The number of carbonyl (C=O) groups is 3. The highest BCUT2D eigenvalue weighted by molar-refractivity contribution is 6.06. The zero-order valence-corrected chi connectivity index (χ0v) is 14.9. The van der Waals surface area contributed by atoms with Gasteiger partial charge in [-0.05, 0) is 36.2 Å². The van der Waals surface area contributed by atoms with Crippen molar-refractivity contribution in [3.8, 4) is 0 Å². The first-order chi connectivity index (χ1) is 12.4. The molecule has 26 heavy (non-hydrogen) atoms. The Morgan fingerprint density at radius 3 is 2.19 bits per heavy atom. The third-order valence-corrected chi connectivity index (χ3v) is 3.50. The molecule has 0 spiro atoms. The molecule has 136 valence electrons. The van der Waals surface area contributed by atoms with Gasteiger partial charge in [-0.15, -0.1) is 0 Å². The molecule has 1 aromatic carbocycles. The van der Waals surface area contributed by atoms with Gasteiger partial charge in [0.05, 0.1) is 23.8 Å². The lowest BCUT2D eigenvalue weighted by atomic mass is 10.1. The molecule has 0 radical (unpaired) electrons. The standard InChI is InChI=1S/C19H21N3O4/c1-12(2)9-21-17(23)14-8-15(11-20-10-14)18(24)22-16-6-4-13(5-7-16)19(25)26-3/h4-8,10-12H,9H2,1-3H3,(H,21,23)(H,22,24). The van der Waals surface area contributed by atoms with Crippen molar-refractivity contribution in [2.24, 2.45) is 5.92 Å². The molecule has 2 N–H and O–H groups in total. The smallest absolute Gasteiger partial charge is 0.337 e. The van der Waals surface area contributed by atoms with Crippen LogP contribution in [-0.2, 0) is 4.74 Å². The number of anilines is 1. The molecule has 0 aliphatic carbocycles. The van der Waals surface area contributed by atoms with Gasteiger partial charge >= 0.3 is 5.97 Å². The molecule has 0 bridgehead atoms. The summed E-state index contributed by atoms with van der Waals surface area (Å²) < 4.78 is 4.62. The first-order valence-corrected chi connectivity index (χ1v) is 8.13. The van der Waals surface area contributed by atoms with Crippen LogP contribution in [0.5, 0.6) is 0 Å². The number of aromatic nitrogens is 1. The Labute approximate surface area is 151 Å². The van der Waals surface area contributed by atoms with Gasteiger partial charge in [0, 0.05) is 24.6 Å². The van der Waals surface area contributed by atoms with Gasteiger partial charge in [-0.25, -0.2) is 4.79 Å². The Balaban J connectivity index is 2.06. The summed E-state index contributed by atoms with van der Waals surface area (Å²) in [6.45, 7) is 4.53. The molecule has 2 amide bonds. The SMILES string of the molecule is COC(=O)c1ccc(NC(=O)c2cncc(C(=O)NCC(C)C)c2)cc1. The van der Waals surface area contributed by atoms with E-state index in [1.165, 1.54) is 25.6 Å². The van der Waals surface area contributed by atoms with Crippen LogP contribution in [-0.4, -0.2) is 36.4 Å². The van der Waals surface area contributed by atoms with E-state index in [0.29, 0.717) is 29.3 Å². The predicted octanol–water partition coefficient (Wildman–Crippen LogP) is 2.51. The summed E-state index contributed by atoms with van der Waals surface area (Å²) in [5.41, 5.74) is 1.48. The Morgan fingerprint density at radius 2 is 1.62 bits per heavy atom. The quantitative estimate of drug-likeness (QED) is 0.776. The molecule has 0 aliphatic heterocycles. The van der Waals surface area contributed by atoms with Crippen LogP contribution in [0.25, 0.3) is 0 Å². The number of ether oxygens (including phenoxy) is 1. The molecule has 7 nitrogen and oxygen atoms in total. The topological polar surface area (TPSA) is 97.4 Å². The van der Waals surface area contributed by atoms with E-state index in [9.17, 15) is 14.4 Å². The highest BCUT2D eigenvalue weighted by Gasteiger charge is 2.12. The van der Waals surface area contributed by atoms with E-state index in [1.54, 1.807) is 24.3 Å². The number of hydrogen-bond donors (Lipinski definition) is 2. The minimum Gasteiger partial charge on any atom is -0.465 e. The first kappa shape index (κ1) is 19.1. The fraction of sp³-hybridized carbons (Fsp3) is 0.263. The Hall–Kier alpha value is -3.22. The molecule has 1 aromatic heterocycles. The van der Waals surface area contributed by atoms with Crippen LogP contribution in [0, 0.1) is 5.92 Å². The average molecular weight is 355 g/mol. The summed E-state index contributed by atoms with van der Waals surface area (Å²) in [5.74, 6) is -0.802. The summed E-state index contributed by atoms with van der Waals surface area (Å²) in [4.78, 5) is 39.8. The van der Waals surface area contributed by atoms with Crippen molar-refractivity contribution in [1.29, 1.82) is 0 Å². The van der Waals surface area contributed by atoms with E-state index >= 15 is 0 Å². The van der Waals surface area contributed by atoms with E-state index in [1.807, 2.05) is 13.8 Å². The fourth-order valence-corrected chi connectivity index (χ4v) is 2.10. The van der Waals surface area contributed by atoms with Crippen LogP contribution in [0.1, 0.15) is 44.9 Å². The monoisotopic (exact) mass is 355 g/mol. The summed E-state index contributed by atoms with van der Waals surface area (Å²) in [7, 11) is 1.30. The van der Waals surface area contributed by atoms with Crippen molar-refractivity contribution in [3.05, 3.63) is 59.4 Å². The third-order valence-electron chi connectivity index (χ3n) is 3.50. The van der Waals surface area contributed by atoms with Gasteiger partial charge in [-0.2, -0.15) is 0 Å². The minimum absolute atomic E-state index is 0.263. The van der Waals surface area contributed by atoms with Crippen LogP contribution in [0.4, 0.5) is 5.69 Å². The highest BCUT2D eigenvalue weighted by Crippen LogP contribution is 2.12. The Morgan fingerprint density at radius 1 is 1.00 bits per heavy atom. The second-order valence-corrected chi connectivity index (χ2v) is 6.09. The van der Waals surface area contributed by atoms with Crippen molar-refractivity contribution in [1.82, 2.24) is 10.3 Å². The van der Waals surface area contributed by atoms with Crippen molar-refractivity contribution in [2.45, 2.75) is 13.8 Å². The van der Waals surface area contributed by atoms with Crippen LogP contribution < -0.4 is 10.6 Å². The second-order valence-electron chi connectivity index (χ2n) is 6.09. The molecule has 0 aliphatic rings. The summed E-state index contributed by atoms with van der Waals surface area (Å²) in [6, 6.07) is 7.78. The molecule has 0 saturated heterocycles. The van der Waals surface area contributed by atoms with Crippen molar-refractivity contribution >= 4 is 23.5 Å². The number of esters is 1. The number of hydrogen-bond acceptors (Lipinski definition) is 5. The van der Waals surface area contributed by atoms with E-state index in [-0.39, 0.29) is 11.5 Å². The summed E-state index contributed by atoms with van der Waals surface area (Å²) in [5, 5.41) is 5.48. The fourth-order valence-electron chi connectivity index (χ4n) is 2.10. The number of benzene rings is 1. The van der Waals surface area contributed by atoms with Crippen LogP contribution in [0.15, 0.2) is 42.7 Å². The van der Waals surface area contributed by atoms with Gasteiger partial charge in [0.25, 0.3) is 11.8 Å². The number of pyridine rings is 1. The van der Waals surface area contributed by atoms with E-state index in [4.69, 9.17) is 0 Å². The van der Waals surface area contributed by atoms with Crippen LogP contribution >= 0.6 is 0 Å². The number of carbonyl (C=O) groups excluding carboxylic acids is 3. The van der Waals surface area contributed by atoms with Gasteiger partial charge in [0.15, 0.2) is 0 Å². The van der Waals surface area contributed by atoms with Crippen LogP contribution in [0.2, 0.25) is 0 Å². The maximum atomic E-state index is 12.4. The molecule has 0 unspecified atom stereocenters. The number of nitrogens with zero attached hydrogens (tertiary/aromatic N) is 1. The van der Waals surface area contributed by atoms with Crippen molar-refractivity contribution in [3.63, 3.8) is 0 Å². The zero-order chi connectivity index (χ0) is 19.1. The number of amides is 2. The highest BCUT2D eigenvalue weighted by atomic mass is 16.5. The number of rotatable bonds is 6. The predicted molar refractivity (Wildman–Crippen MR) is 97.1 cm³/mol. The zero-order valence-electron chi connectivity index (χ0n) is 14.9. The average Bonchev–Trinajstić information content (AvgIpc) is 2.66. The molecule has 0 atom stereocenters. The van der Waals surface area contributed by atoms with Crippen molar-refractivity contribution < 1.29 is 19.1 Å². The van der Waals surface area contributed by atoms with E-state index in [0.717, 1.165) is 0 Å². The minimum atomic E-state index is -0.452. The molecule has 1 heterocycles. The largest absolute Gasteiger partial charge is 0.465 e. The summed E-state index contributed by atoms with van der Waals surface area (Å²) in [6.07, 6.45) is 2.80.